The first-order valence-electron chi connectivity index (χ1n) is 20.9. The van der Waals surface area contributed by atoms with Crippen molar-refractivity contribution in [2.24, 2.45) is 5.92 Å². The van der Waals surface area contributed by atoms with Crippen LogP contribution in [-0.4, -0.2) is 87.9 Å². The average molecular weight is 875 g/mol. The van der Waals surface area contributed by atoms with E-state index in [0.717, 1.165) is 21.8 Å². The highest BCUT2D eigenvalue weighted by Gasteiger charge is 2.31. The number of aliphatic carboxylic acids is 1. The molecule has 2 aromatic carbocycles. The number of phenols is 2. The summed E-state index contributed by atoms with van der Waals surface area (Å²) < 4.78 is 1.68. The number of carboxylic acids is 1. The summed E-state index contributed by atoms with van der Waals surface area (Å²) in [5.74, 6) is -4.06. The van der Waals surface area contributed by atoms with Gasteiger partial charge >= 0.3 is 5.97 Å². The number of Topliss-reactive ketones (excluding diaryl/α,β-unsaturated/α-hetero) is 2. The molecular formula is C44H58N8O9S. The zero-order valence-electron chi connectivity index (χ0n) is 35.8. The number of unbranched alkanes of at least 4 members (excludes halogenated alkanes) is 1. The molecule has 4 rings (SSSR count). The Kier molecular flexibility index (Phi) is 18.7. The van der Waals surface area contributed by atoms with Gasteiger partial charge in [-0.25, -0.2) is 0 Å². The number of carbonyl (C=O) groups excluding carboxylic acids is 5. The van der Waals surface area contributed by atoms with Crippen LogP contribution in [0, 0.1) is 12.8 Å². The van der Waals surface area contributed by atoms with Gasteiger partial charge in [0.05, 0.1) is 11.6 Å². The summed E-state index contributed by atoms with van der Waals surface area (Å²) in [6.45, 7) is 7.87. The Hall–Kier alpha value is -6.04. The van der Waals surface area contributed by atoms with Gasteiger partial charge in [-0.3, -0.25) is 33.4 Å². The van der Waals surface area contributed by atoms with Crippen LogP contribution < -0.4 is 16.0 Å². The molecule has 1 unspecified atom stereocenters. The number of ketones is 2. The van der Waals surface area contributed by atoms with Crippen LogP contribution in [0.3, 0.4) is 0 Å². The Labute approximate surface area is 365 Å². The first-order chi connectivity index (χ1) is 29.5. The molecule has 0 aliphatic rings. The number of aromatic hydroxyl groups is 2. The van der Waals surface area contributed by atoms with E-state index in [2.05, 4.69) is 36.5 Å². The highest BCUT2D eigenvalue weighted by Crippen LogP contribution is 2.38. The zero-order valence-corrected chi connectivity index (χ0v) is 36.6. The molecule has 0 aliphatic heterocycles. The molecule has 2 heterocycles. The minimum atomic E-state index is -1.31. The number of aryl methyl sites for hydroxylation is 3. The number of phenolic OH excluding ortho intramolecular Hbond substituents is 2. The number of hydrogen-bond acceptors (Lipinski definition) is 13. The van der Waals surface area contributed by atoms with Gasteiger partial charge in [-0.05, 0) is 101 Å². The van der Waals surface area contributed by atoms with Crippen molar-refractivity contribution in [2.75, 3.05) is 5.32 Å². The van der Waals surface area contributed by atoms with E-state index in [-0.39, 0.29) is 67.1 Å². The van der Waals surface area contributed by atoms with Crippen molar-refractivity contribution < 1.29 is 44.1 Å². The van der Waals surface area contributed by atoms with Crippen molar-refractivity contribution in [1.82, 2.24) is 35.8 Å². The van der Waals surface area contributed by atoms with Crippen molar-refractivity contribution in [2.45, 2.75) is 135 Å². The number of hydrogen-bond donors (Lipinski definition) is 6. The van der Waals surface area contributed by atoms with Gasteiger partial charge in [-0.2, -0.15) is 0 Å². The Morgan fingerprint density at radius 3 is 2.00 bits per heavy atom. The summed E-state index contributed by atoms with van der Waals surface area (Å²) >= 11 is 1.30. The average Bonchev–Trinajstić information content (AvgIpc) is 3.85. The monoisotopic (exact) mass is 874 g/mol. The van der Waals surface area contributed by atoms with Crippen molar-refractivity contribution in [3.63, 3.8) is 0 Å². The van der Waals surface area contributed by atoms with E-state index in [1.807, 2.05) is 13.8 Å². The Balaban J connectivity index is 1.20. The lowest BCUT2D eigenvalue weighted by molar-refractivity contribution is -0.146. The molecule has 0 spiro atoms. The van der Waals surface area contributed by atoms with Crippen LogP contribution in [-0.2, 0) is 47.1 Å². The highest BCUT2D eigenvalue weighted by atomic mass is 32.1. The van der Waals surface area contributed by atoms with Crippen molar-refractivity contribution in [3.05, 3.63) is 76.6 Å². The van der Waals surface area contributed by atoms with E-state index < -0.39 is 48.0 Å². The quantitative estimate of drug-likeness (QED) is 0.0402. The Morgan fingerprint density at radius 2 is 1.40 bits per heavy atom. The van der Waals surface area contributed by atoms with Crippen molar-refractivity contribution >= 4 is 51.7 Å². The molecule has 6 N–H and O–H groups in total. The summed E-state index contributed by atoms with van der Waals surface area (Å²) in [5.41, 5.74) is 1.89. The molecule has 0 bridgehead atoms. The van der Waals surface area contributed by atoms with Crippen LogP contribution >= 0.6 is 11.3 Å². The molecule has 3 amide bonds. The van der Waals surface area contributed by atoms with E-state index in [1.165, 1.54) is 11.3 Å². The molecule has 62 heavy (non-hydrogen) atoms. The fourth-order valence-electron chi connectivity index (χ4n) is 7.01. The van der Waals surface area contributed by atoms with Gasteiger partial charge in [0.2, 0.25) is 22.9 Å². The predicted molar refractivity (Wildman–Crippen MR) is 231 cm³/mol. The van der Waals surface area contributed by atoms with Crippen LogP contribution in [0.1, 0.15) is 120 Å². The number of anilines is 1. The summed E-state index contributed by atoms with van der Waals surface area (Å²) in [7, 11) is 0. The fourth-order valence-corrected chi connectivity index (χ4v) is 7.62. The van der Waals surface area contributed by atoms with Crippen LogP contribution in [0.15, 0.2) is 54.7 Å². The maximum absolute atomic E-state index is 13.1. The first kappa shape index (κ1) is 48.6. The molecule has 2 atom stereocenters. The lowest BCUT2D eigenvalue weighted by Crippen LogP contribution is -2.49. The third-order valence-electron chi connectivity index (χ3n) is 10.5. The van der Waals surface area contributed by atoms with Gasteiger partial charge in [-0.1, -0.05) is 47.7 Å². The number of nitrogens with zero attached hydrogens (tertiary/aromatic N) is 5. The van der Waals surface area contributed by atoms with Gasteiger partial charge in [0.15, 0.2) is 0 Å². The summed E-state index contributed by atoms with van der Waals surface area (Å²) in [5, 5.41) is 55.1. The van der Waals surface area contributed by atoms with Crippen LogP contribution in [0.5, 0.6) is 11.5 Å². The first-order valence-corrected chi connectivity index (χ1v) is 21.8. The van der Waals surface area contributed by atoms with Gasteiger partial charge in [0, 0.05) is 62.7 Å². The van der Waals surface area contributed by atoms with E-state index in [1.54, 1.807) is 73.3 Å². The molecule has 0 saturated carbocycles. The maximum Gasteiger partial charge on any atom is 0.307 e. The molecule has 0 saturated heterocycles. The number of amides is 3. The minimum absolute atomic E-state index is 0.0279. The molecule has 4 aromatic rings. The maximum atomic E-state index is 13.1. The number of aromatic nitrogens is 5. The smallest absolute Gasteiger partial charge is 0.307 e. The highest BCUT2D eigenvalue weighted by molar-refractivity contribution is 7.15. The van der Waals surface area contributed by atoms with Gasteiger partial charge < -0.3 is 31.3 Å². The van der Waals surface area contributed by atoms with E-state index in [9.17, 15) is 44.1 Å². The number of carboxylic acid groups (broad SMARTS) is 1. The standard InChI is InChI=1S/C44H58N8O9S/c1-28(2)45-41(59)38(12-5-6-24-52-27-33(49-51-52)9-7-13-39(57)47-43-50-48-29(3)62-43)46-40(58)26-30(42(60)61)25-37(56)11-8-10-34(53)22-23-44(4,31-14-18-35(54)19-15-31)32-16-20-36(55)21-17-32/h14-21,27-28,30,38,54-55H,5-13,22-26H2,1-4H3,(H,45,59)(H,46,58)(H,60,61)(H,47,50,57)/t30?,38-/m0/s1. The molecule has 334 valence electrons. The molecule has 18 heteroatoms. The lowest BCUT2D eigenvalue weighted by atomic mass is 9.72. The van der Waals surface area contributed by atoms with E-state index >= 15 is 0 Å². The van der Waals surface area contributed by atoms with E-state index in [4.69, 9.17) is 0 Å². The van der Waals surface area contributed by atoms with Crippen LogP contribution in [0.4, 0.5) is 5.13 Å². The van der Waals surface area contributed by atoms with Gasteiger partial charge in [0.25, 0.3) is 0 Å². The molecule has 17 nitrogen and oxygen atoms in total. The number of rotatable bonds is 27. The number of carbonyl (C=O) groups is 6. The summed E-state index contributed by atoms with van der Waals surface area (Å²) in [6.07, 6.45) is 4.70. The largest absolute Gasteiger partial charge is 0.508 e. The van der Waals surface area contributed by atoms with Crippen molar-refractivity contribution in [3.8, 4) is 11.5 Å². The van der Waals surface area contributed by atoms with Gasteiger partial charge in [-0.15, -0.1) is 15.3 Å². The molecule has 2 aromatic heterocycles. The second kappa shape index (κ2) is 23.8. The van der Waals surface area contributed by atoms with Crippen LogP contribution in [0.25, 0.3) is 0 Å². The number of benzene rings is 2. The molecular weight excluding hydrogens is 817 g/mol. The topological polar surface area (TPSA) is 256 Å². The zero-order chi connectivity index (χ0) is 45.2. The normalized spacial score (nSPS) is 12.4. The summed E-state index contributed by atoms with van der Waals surface area (Å²) in [4.78, 5) is 76.4. The Bertz CT molecular complexity index is 2070. The van der Waals surface area contributed by atoms with Gasteiger partial charge in [0.1, 0.15) is 34.1 Å². The third-order valence-corrected chi connectivity index (χ3v) is 11.2. The molecule has 0 fully saturated rings. The second-order valence-electron chi connectivity index (χ2n) is 16.1. The SMILES string of the molecule is Cc1nnc(NC(=O)CCCc2cn(CCCC[C@H](NC(=O)CC(CC(=O)CCCC(=O)CCC(C)(c3ccc(O)cc3)c3ccc(O)cc3)C(=O)O)C(=O)NC(C)C)nn2)s1. The third kappa shape index (κ3) is 16.1. The minimum Gasteiger partial charge on any atom is -0.508 e. The summed E-state index contributed by atoms with van der Waals surface area (Å²) in [6, 6.07) is 12.4. The Morgan fingerprint density at radius 1 is 0.758 bits per heavy atom. The fraction of sp³-hybridized carbons (Fsp3) is 0.500. The van der Waals surface area contributed by atoms with Crippen molar-refractivity contribution in [1.29, 1.82) is 0 Å². The molecule has 0 radical (unpaired) electrons. The van der Waals surface area contributed by atoms with Crippen LogP contribution in [0.2, 0.25) is 0 Å². The second-order valence-corrected chi connectivity index (χ2v) is 17.3. The predicted octanol–water partition coefficient (Wildman–Crippen LogP) is 5.57. The van der Waals surface area contributed by atoms with E-state index in [0.29, 0.717) is 50.2 Å². The lowest BCUT2D eigenvalue weighted by Gasteiger charge is -2.31. The number of nitrogens with one attached hydrogen (secondary N) is 3. The molecule has 0 aliphatic carbocycles.